The molecule has 1 heterocycles. The van der Waals surface area contributed by atoms with E-state index in [1.807, 2.05) is 13.8 Å². The number of nitrogens with one attached hydrogen (secondary N) is 1. The lowest BCUT2D eigenvalue weighted by Crippen LogP contribution is -2.38. The van der Waals surface area contributed by atoms with Crippen LogP contribution in [0.2, 0.25) is 0 Å². The molecule has 4 nitrogen and oxygen atoms in total. The van der Waals surface area contributed by atoms with Crippen molar-refractivity contribution in [3.63, 3.8) is 0 Å². The van der Waals surface area contributed by atoms with Gasteiger partial charge in [-0.05, 0) is 39.8 Å². The van der Waals surface area contributed by atoms with Crippen LogP contribution in [0, 0.1) is 0 Å². The van der Waals surface area contributed by atoms with Gasteiger partial charge in [0.15, 0.2) is 0 Å². The Balaban J connectivity index is 1.91. The first-order valence-electron chi connectivity index (χ1n) is 6.41. The zero-order chi connectivity index (χ0) is 11.8. The predicted octanol–water partition coefficient (Wildman–Crippen LogP) is 0.458. The number of hydrogen-bond acceptors (Lipinski definition) is 4. The highest BCUT2D eigenvalue weighted by atomic mass is 16.5. The van der Waals surface area contributed by atoms with Gasteiger partial charge in [-0.3, -0.25) is 0 Å². The molecule has 0 aromatic heterocycles. The van der Waals surface area contributed by atoms with Gasteiger partial charge >= 0.3 is 0 Å². The van der Waals surface area contributed by atoms with E-state index in [1.165, 1.54) is 12.8 Å². The molecule has 96 valence electrons. The minimum absolute atomic E-state index is 0.253. The molecule has 0 amide bonds. The molecule has 0 spiro atoms. The van der Waals surface area contributed by atoms with E-state index in [-0.39, 0.29) is 12.2 Å². The Kier molecular flexibility index (Phi) is 6.96. The number of rotatable bonds is 8. The van der Waals surface area contributed by atoms with Crippen molar-refractivity contribution < 1.29 is 9.84 Å². The van der Waals surface area contributed by atoms with Gasteiger partial charge in [-0.25, -0.2) is 0 Å². The van der Waals surface area contributed by atoms with Gasteiger partial charge in [-0.1, -0.05) is 0 Å². The fourth-order valence-electron chi connectivity index (χ4n) is 1.96. The van der Waals surface area contributed by atoms with Crippen molar-refractivity contribution in [3.8, 4) is 0 Å². The van der Waals surface area contributed by atoms with Crippen molar-refractivity contribution in [2.45, 2.75) is 38.9 Å². The first-order chi connectivity index (χ1) is 7.68. The monoisotopic (exact) mass is 230 g/mol. The second-order valence-corrected chi connectivity index (χ2v) is 4.79. The summed E-state index contributed by atoms with van der Waals surface area (Å²) in [6, 6.07) is 0. The van der Waals surface area contributed by atoms with E-state index < -0.39 is 0 Å². The third-order valence-corrected chi connectivity index (χ3v) is 2.78. The van der Waals surface area contributed by atoms with Gasteiger partial charge in [0.2, 0.25) is 0 Å². The molecular formula is C12H26N2O2. The number of aliphatic hydroxyl groups excluding tert-OH is 1. The average molecular weight is 230 g/mol. The van der Waals surface area contributed by atoms with Crippen molar-refractivity contribution in [1.82, 2.24) is 10.2 Å². The van der Waals surface area contributed by atoms with Crippen molar-refractivity contribution in [2.24, 2.45) is 0 Å². The van der Waals surface area contributed by atoms with E-state index >= 15 is 0 Å². The average Bonchev–Trinajstić information content (AvgIpc) is 2.69. The number of aliphatic hydroxyl groups is 1. The van der Waals surface area contributed by atoms with Crippen LogP contribution < -0.4 is 5.32 Å². The number of nitrogens with zero attached hydrogens (tertiary/aromatic N) is 1. The molecule has 0 aromatic rings. The number of likely N-dealkylation sites (tertiary alicyclic amines) is 1. The van der Waals surface area contributed by atoms with Gasteiger partial charge in [0.05, 0.1) is 18.8 Å². The maximum Gasteiger partial charge on any atom is 0.0791 e. The second kappa shape index (κ2) is 8.01. The third-order valence-electron chi connectivity index (χ3n) is 2.78. The van der Waals surface area contributed by atoms with E-state index in [9.17, 15) is 5.11 Å². The summed E-state index contributed by atoms with van der Waals surface area (Å²) in [5, 5.41) is 13.0. The van der Waals surface area contributed by atoms with Crippen molar-refractivity contribution in [3.05, 3.63) is 0 Å². The van der Waals surface area contributed by atoms with Gasteiger partial charge in [0, 0.05) is 19.6 Å². The number of β-amino-alcohol motifs (C(OH)–C–C–N with tert-alkyl or cyclic N) is 1. The first-order valence-corrected chi connectivity index (χ1v) is 6.41. The predicted molar refractivity (Wildman–Crippen MR) is 65.6 cm³/mol. The molecule has 1 atom stereocenters. The molecular weight excluding hydrogens is 204 g/mol. The minimum atomic E-state index is -0.253. The molecule has 1 rings (SSSR count). The number of hydrogen-bond donors (Lipinski definition) is 2. The summed E-state index contributed by atoms with van der Waals surface area (Å²) in [5.41, 5.74) is 0. The van der Waals surface area contributed by atoms with Gasteiger partial charge in [-0.2, -0.15) is 0 Å². The Morgan fingerprint density at radius 1 is 1.31 bits per heavy atom. The zero-order valence-corrected chi connectivity index (χ0v) is 10.6. The molecule has 1 aliphatic rings. The minimum Gasteiger partial charge on any atom is -0.390 e. The molecule has 1 unspecified atom stereocenters. The summed E-state index contributed by atoms with van der Waals surface area (Å²) in [5.74, 6) is 0. The summed E-state index contributed by atoms with van der Waals surface area (Å²) in [7, 11) is 0. The quantitative estimate of drug-likeness (QED) is 0.595. The fraction of sp³-hybridized carbons (Fsp3) is 1.00. The zero-order valence-electron chi connectivity index (χ0n) is 10.6. The van der Waals surface area contributed by atoms with E-state index in [1.54, 1.807) is 0 Å². The summed E-state index contributed by atoms with van der Waals surface area (Å²) in [4.78, 5) is 2.33. The summed E-state index contributed by atoms with van der Waals surface area (Å²) >= 11 is 0. The molecule has 2 N–H and O–H groups in total. The lowest BCUT2D eigenvalue weighted by atomic mass is 10.3. The highest BCUT2D eigenvalue weighted by Gasteiger charge is 2.15. The summed E-state index contributed by atoms with van der Waals surface area (Å²) < 4.78 is 5.40. The van der Waals surface area contributed by atoms with E-state index in [2.05, 4.69) is 10.2 Å². The Morgan fingerprint density at radius 3 is 2.62 bits per heavy atom. The van der Waals surface area contributed by atoms with Crippen LogP contribution in [0.4, 0.5) is 0 Å². The van der Waals surface area contributed by atoms with Gasteiger partial charge in [0.25, 0.3) is 0 Å². The summed E-state index contributed by atoms with van der Waals surface area (Å²) in [6.45, 7) is 9.35. The van der Waals surface area contributed by atoms with Gasteiger partial charge in [0.1, 0.15) is 0 Å². The topological polar surface area (TPSA) is 44.7 Å². The van der Waals surface area contributed by atoms with Crippen LogP contribution in [0.3, 0.4) is 0 Å². The van der Waals surface area contributed by atoms with Crippen LogP contribution in [0.15, 0.2) is 0 Å². The van der Waals surface area contributed by atoms with Crippen molar-refractivity contribution >= 4 is 0 Å². The smallest absolute Gasteiger partial charge is 0.0791 e. The Labute approximate surface area is 99.0 Å². The molecule has 16 heavy (non-hydrogen) atoms. The molecule has 0 aliphatic carbocycles. The van der Waals surface area contributed by atoms with Crippen LogP contribution >= 0.6 is 0 Å². The lowest BCUT2D eigenvalue weighted by Gasteiger charge is -2.19. The maximum absolute atomic E-state index is 9.77. The Bertz CT molecular complexity index is 170. The van der Waals surface area contributed by atoms with E-state index in [0.29, 0.717) is 13.2 Å². The van der Waals surface area contributed by atoms with Crippen LogP contribution in [0.5, 0.6) is 0 Å². The molecule has 0 bridgehead atoms. The second-order valence-electron chi connectivity index (χ2n) is 4.79. The number of ether oxygens (including phenoxy) is 1. The Hall–Kier alpha value is -0.160. The van der Waals surface area contributed by atoms with Crippen molar-refractivity contribution in [1.29, 1.82) is 0 Å². The maximum atomic E-state index is 9.77. The lowest BCUT2D eigenvalue weighted by molar-refractivity contribution is 0.0758. The van der Waals surface area contributed by atoms with Gasteiger partial charge in [-0.15, -0.1) is 0 Å². The van der Waals surface area contributed by atoms with Crippen LogP contribution in [0.25, 0.3) is 0 Å². The van der Waals surface area contributed by atoms with Crippen LogP contribution in [-0.2, 0) is 4.74 Å². The SMILES string of the molecule is CC(C)OCCNCC(O)CN1CCCC1. The highest BCUT2D eigenvalue weighted by molar-refractivity contribution is 4.71. The standard InChI is InChI=1S/C12H26N2O2/c1-11(2)16-8-5-13-9-12(15)10-14-6-3-4-7-14/h11-13,15H,3-10H2,1-2H3. The van der Waals surface area contributed by atoms with E-state index in [0.717, 1.165) is 26.2 Å². The molecule has 0 aromatic carbocycles. The normalized spacial score (nSPS) is 19.5. The van der Waals surface area contributed by atoms with Crippen LogP contribution in [-0.4, -0.2) is 61.5 Å². The molecule has 4 heteroatoms. The molecule has 1 fully saturated rings. The van der Waals surface area contributed by atoms with E-state index in [4.69, 9.17) is 4.74 Å². The van der Waals surface area contributed by atoms with Crippen LogP contribution in [0.1, 0.15) is 26.7 Å². The molecule has 1 saturated heterocycles. The van der Waals surface area contributed by atoms with Gasteiger partial charge < -0.3 is 20.1 Å². The molecule has 0 radical (unpaired) electrons. The summed E-state index contributed by atoms with van der Waals surface area (Å²) in [6.07, 6.45) is 2.60. The third kappa shape index (κ3) is 6.43. The highest BCUT2D eigenvalue weighted by Crippen LogP contribution is 2.07. The first kappa shape index (κ1) is 13.9. The molecule has 0 saturated carbocycles. The largest absolute Gasteiger partial charge is 0.390 e. The molecule has 1 aliphatic heterocycles. The fourth-order valence-corrected chi connectivity index (χ4v) is 1.96. The van der Waals surface area contributed by atoms with Crippen molar-refractivity contribution in [2.75, 3.05) is 39.3 Å². The Morgan fingerprint density at radius 2 is 2.00 bits per heavy atom.